The van der Waals surface area contributed by atoms with Crippen LogP contribution >= 0.6 is 0 Å². The molecule has 0 spiro atoms. The van der Waals surface area contributed by atoms with Crippen LogP contribution in [-0.2, 0) is 17.1 Å². The second-order valence-corrected chi connectivity index (χ2v) is 7.58. The van der Waals surface area contributed by atoms with Gasteiger partial charge in [-0.25, -0.2) is 0 Å². The van der Waals surface area contributed by atoms with Crippen molar-refractivity contribution < 1.29 is 31.1 Å². The molecule has 184 valence electrons. The van der Waals surface area contributed by atoms with Gasteiger partial charge in [0.05, 0.1) is 16.8 Å². The van der Waals surface area contributed by atoms with Gasteiger partial charge in [-0.3, -0.25) is 4.79 Å². The summed E-state index contributed by atoms with van der Waals surface area (Å²) < 4.78 is 77.8. The third kappa shape index (κ3) is 5.62. The van der Waals surface area contributed by atoms with Crippen LogP contribution < -0.4 is 5.32 Å². The summed E-state index contributed by atoms with van der Waals surface area (Å²) in [7, 11) is 0. The molecule has 1 aromatic heterocycles. The number of para-hydroxylation sites is 1. The molecule has 2 N–H and O–H groups in total. The molecule has 0 bridgehead atoms. The molecule has 4 aromatic rings. The Morgan fingerprint density at radius 3 is 1.86 bits per heavy atom. The first-order valence-electron chi connectivity index (χ1n) is 10.4. The number of benzene rings is 3. The van der Waals surface area contributed by atoms with Gasteiger partial charge >= 0.3 is 12.4 Å². The second-order valence-electron chi connectivity index (χ2n) is 7.58. The molecule has 0 radical (unpaired) electrons. The summed E-state index contributed by atoms with van der Waals surface area (Å²) in [4.78, 5) is 12.4. The number of halogens is 6. The second kappa shape index (κ2) is 9.68. The van der Waals surface area contributed by atoms with Crippen molar-refractivity contribution in [3.05, 3.63) is 107 Å². The number of nitrogens with one attached hydrogen (secondary N) is 2. The third-order valence-electron chi connectivity index (χ3n) is 5.16. The summed E-state index contributed by atoms with van der Waals surface area (Å²) >= 11 is 0. The average molecular weight is 502 g/mol. The van der Waals surface area contributed by atoms with E-state index in [9.17, 15) is 31.1 Å². The summed E-state index contributed by atoms with van der Waals surface area (Å²) in [5, 5.41) is 13.0. The van der Waals surface area contributed by atoms with Gasteiger partial charge in [0.25, 0.3) is 0 Å². The van der Waals surface area contributed by atoms with E-state index >= 15 is 0 Å². The normalized spacial score (nSPS) is 12.2. The zero-order chi connectivity index (χ0) is 25.9. The molecule has 0 atom stereocenters. The number of fused-ring (bicyclic) bond motifs is 1. The van der Waals surface area contributed by atoms with Gasteiger partial charge in [-0.15, -0.1) is 0 Å². The molecule has 0 saturated heterocycles. The number of allylic oxidation sites excluding steroid dienone is 2. The molecular formula is C25H16F6N4O. The fourth-order valence-electron chi connectivity index (χ4n) is 3.41. The van der Waals surface area contributed by atoms with Crippen molar-refractivity contribution in [3.8, 4) is 0 Å². The topological polar surface area (TPSA) is 70.7 Å². The molecule has 0 fully saturated rings. The van der Waals surface area contributed by atoms with Crippen LogP contribution in [-0.4, -0.2) is 21.3 Å². The molecule has 11 heteroatoms. The molecule has 36 heavy (non-hydrogen) atoms. The monoisotopic (exact) mass is 502 g/mol. The van der Waals surface area contributed by atoms with Crippen molar-refractivity contribution >= 4 is 28.2 Å². The van der Waals surface area contributed by atoms with E-state index in [0.717, 1.165) is 24.3 Å². The summed E-state index contributed by atoms with van der Waals surface area (Å²) in [6, 6.07) is 13.4. The number of H-pyrrole nitrogens is 1. The Hall–Kier alpha value is -4.41. The van der Waals surface area contributed by atoms with Gasteiger partial charge in [-0.1, -0.05) is 42.5 Å². The number of nitrogens with zero attached hydrogens (tertiary/aromatic N) is 2. The predicted octanol–water partition coefficient (Wildman–Crippen LogP) is 6.62. The molecule has 1 amide bonds. The van der Waals surface area contributed by atoms with E-state index in [-0.39, 0.29) is 0 Å². The lowest BCUT2D eigenvalue weighted by atomic mass is 9.95. The lowest BCUT2D eigenvalue weighted by Crippen LogP contribution is -2.08. The number of rotatable bonds is 5. The molecule has 0 aliphatic heterocycles. The first-order valence-corrected chi connectivity index (χ1v) is 10.4. The molecule has 1 heterocycles. The van der Waals surface area contributed by atoms with Gasteiger partial charge in [0.1, 0.15) is 11.0 Å². The van der Waals surface area contributed by atoms with Crippen molar-refractivity contribution in [2.45, 2.75) is 12.4 Å². The quantitative estimate of drug-likeness (QED) is 0.183. The van der Waals surface area contributed by atoms with Gasteiger partial charge in [-0.2, -0.15) is 41.8 Å². The SMILES string of the molecule is O=C(C=CC=C(c1ccc(C(F)(F)F)cc1)c1ccc(C(F)(F)F)cc1)Nc1cccc2n[nH]nc12. The zero-order valence-electron chi connectivity index (χ0n) is 18.2. The standard InChI is InChI=1S/C25H16F6N4O/c26-24(27,28)17-11-7-15(8-12-17)19(16-9-13-18(14-10-16)25(29,30)31)3-1-6-22(36)32-20-4-2-5-21-23(20)34-35-33-21/h1-14H,(H,32,36)(H,33,34,35). The number of alkyl halides is 6. The highest BCUT2D eigenvalue weighted by molar-refractivity contribution is 6.04. The van der Waals surface area contributed by atoms with Crippen molar-refractivity contribution in [3.63, 3.8) is 0 Å². The maximum atomic E-state index is 13.0. The maximum absolute atomic E-state index is 13.0. The minimum atomic E-state index is -4.54. The molecule has 0 saturated carbocycles. The van der Waals surface area contributed by atoms with Gasteiger partial charge in [0.2, 0.25) is 5.91 Å². The molecule has 0 aliphatic carbocycles. The lowest BCUT2D eigenvalue weighted by molar-refractivity contribution is -0.138. The van der Waals surface area contributed by atoms with Crippen molar-refractivity contribution in [2.75, 3.05) is 5.32 Å². The Kier molecular flexibility index (Phi) is 6.65. The van der Waals surface area contributed by atoms with Crippen LogP contribution in [0.4, 0.5) is 32.0 Å². The van der Waals surface area contributed by atoms with Crippen LogP contribution in [0.2, 0.25) is 0 Å². The minimum absolute atomic E-state index is 0.320. The smallest absolute Gasteiger partial charge is 0.320 e. The highest BCUT2D eigenvalue weighted by atomic mass is 19.4. The average Bonchev–Trinajstić information content (AvgIpc) is 3.31. The molecule has 3 aromatic carbocycles. The van der Waals surface area contributed by atoms with E-state index in [2.05, 4.69) is 20.7 Å². The van der Waals surface area contributed by atoms with E-state index in [1.807, 2.05) is 0 Å². The summed E-state index contributed by atoms with van der Waals surface area (Å²) in [6.45, 7) is 0. The van der Waals surface area contributed by atoms with Crippen molar-refractivity contribution in [1.82, 2.24) is 15.4 Å². The number of aromatic nitrogens is 3. The van der Waals surface area contributed by atoms with Gasteiger partial charge in [-0.05, 0) is 53.1 Å². The zero-order valence-corrected chi connectivity index (χ0v) is 18.2. The maximum Gasteiger partial charge on any atom is 0.416 e. The van der Waals surface area contributed by atoms with Crippen molar-refractivity contribution in [1.29, 1.82) is 0 Å². The van der Waals surface area contributed by atoms with E-state index in [0.29, 0.717) is 33.4 Å². The first-order chi connectivity index (χ1) is 17.0. The summed E-state index contributed by atoms with van der Waals surface area (Å²) in [5.74, 6) is -0.527. The fraction of sp³-hybridized carbons (Fsp3) is 0.0800. The van der Waals surface area contributed by atoms with Crippen LogP contribution in [0.1, 0.15) is 22.3 Å². The Labute approximate surface area is 200 Å². The summed E-state index contributed by atoms with van der Waals surface area (Å²) in [6.07, 6.45) is -5.12. The Balaban J connectivity index is 1.63. The van der Waals surface area contributed by atoms with Gasteiger partial charge in [0, 0.05) is 6.08 Å². The van der Waals surface area contributed by atoms with Crippen LogP contribution in [0.3, 0.4) is 0 Å². The molecule has 4 rings (SSSR count). The van der Waals surface area contributed by atoms with Crippen LogP contribution in [0.15, 0.2) is 85.0 Å². The number of aromatic amines is 1. The Morgan fingerprint density at radius 2 is 1.33 bits per heavy atom. The van der Waals surface area contributed by atoms with E-state index < -0.39 is 29.4 Å². The van der Waals surface area contributed by atoms with Gasteiger partial charge < -0.3 is 5.32 Å². The highest BCUT2D eigenvalue weighted by Gasteiger charge is 2.31. The van der Waals surface area contributed by atoms with Crippen molar-refractivity contribution in [2.24, 2.45) is 0 Å². The number of carbonyl (C=O) groups is 1. The van der Waals surface area contributed by atoms with Gasteiger partial charge in [0.15, 0.2) is 0 Å². The summed E-state index contributed by atoms with van der Waals surface area (Å²) in [5.41, 5.74) is 0.629. The highest BCUT2D eigenvalue weighted by Crippen LogP contribution is 2.33. The Morgan fingerprint density at radius 1 is 0.778 bits per heavy atom. The number of anilines is 1. The van der Waals surface area contributed by atoms with Crippen LogP contribution in [0.25, 0.3) is 16.6 Å². The minimum Gasteiger partial charge on any atom is -0.320 e. The van der Waals surface area contributed by atoms with E-state index in [1.54, 1.807) is 18.2 Å². The third-order valence-corrected chi connectivity index (χ3v) is 5.16. The molecule has 0 unspecified atom stereocenters. The number of amides is 1. The number of hydrogen-bond donors (Lipinski definition) is 2. The molecule has 0 aliphatic rings. The predicted molar refractivity (Wildman–Crippen MR) is 122 cm³/mol. The van der Waals surface area contributed by atoms with Crippen LogP contribution in [0, 0.1) is 0 Å². The fourth-order valence-corrected chi connectivity index (χ4v) is 3.41. The number of carbonyl (C=O) groups excluding carboxylic acids is 1. The van der Waals surface area contributed by atoms with E-state index in [1.165, 1.54) is 42.5 Å². The largest absolute Gasteiger partial charge is 0.416 e. The molecular weight excluding hydrogens is 486 g/mol. The first kappa shape index (κ1) is 24.7. The lowest BCUT2D eigenvalue weighted by Gasteiger charge is -2.12. The van der Waals surface area contributed by atoms with Crippen LogP contribution in [0.5, 0.6) is 0 Å². The Bertz CT molecular complexity index is 1370. The number of hydrogen-bond acceptors (Lipinski definition) is 3. The molecule has 5 nitrogen and oxygen atoms in total. The van der Waals surface area contributed by atoms with E-state index in [4.69, 9.17) is 0 Å².